The smallest absolute Gasteiger partial charge is 0.304 e. The first-order valence-corrected chi connectivity index (χ1v) is 5.86. The molecular formula is C13H8ClFN2O3. The van der Waals surface area contributed by atoms with E-state index in [0.29, 0.717) is 10.7 Å². The number of para-hydroxylation sites is 1. The fraction of sp³-hybridized carbons (Fsp3) is 0. The topological polar surface area (TPSA) is 72.2 Å². The molecular weight excluding hydrogens is 287 g/mol. The van der Waals surface area contributed by atoms with Gasteiger partial charge in [-0.05, 0) is 24.3 Å². The predicted octanol–water partition coefficient (Wildman–Crippen LogP) is 3.64. The van der Waals surface area contributed by atoms with Gasteiger partial charge in [-0.15, -0.1) is 0 Å². The molecule has 102 valence electrons. The molecule has 2 rings (SSSR count). The summed E-state index contributed by atoms with van der Waals surface area (Å²) in [5.74, 6) is -1.67. The second-order valence-corrected chi connectivity index (χ2v) is 4.26. The number of amides is 1. The SMILES string of the molecule is O=C(Nc1ccccc1Cl)c1ccc([N+](=O)[O-])c(F)c1. The normalized spacial score (nSPS) is 10.1. The minimum Gasteiger partial charge on any atom is -0.321 e. The van der Waals surface area contributed by atoms with Crippen LogP contribution in [0.3, 0.4) is 0 Å². The van der Waals surface area contributed by atoms with Crippen molar-refractivity contribution in [3.05, 3.63) is 69.0 Å². The minimum atomic E-state index is -1.07. The standard InChI is InChI=1S/C13H8ClFN2O3/c14-9-3-1-2-4-11(9)16-13(18)8-5-6-12(17(19)20)10(15)7-8/h1-7H,(H,16,18). The van der Waals surface area contributed by atoms with Gasteiger partial charge < -0.3 is 5.32 Å². The highest BCUT2D eigenvalue weighted by Crippen LogP contribution is 2.22. The summed E-state index contributed by atoms with van der Waals surface area (Å²) < 4.78 is 13.4. The van der Waals surface area contributed by atoms with Gasteiger partial charge in [0.25, 0.3) is 5.91 Å². The van der Waals surface area contributed by atoms with E-state index < -0.39 is 22.3 Å². The van der Waals surface area contributed by atoms with Gasteiger partial charge in [-0.3, -0.25) is 14.9 Å². The number of nitrogens with zero attached hydrogens (tertiary/aromatic N) is 1. The van der Waals surface area contributed by atoms with Crippen molar-refractivity contribution in [3.63, 3.8) is 0 Å². The maximum atomic E-state index is 13.4. The molecule has 0 aliphatic heterocycles. The van der Waals surface area contributed by atoms with E-state index in [1.165, 1.54) is 6.07 Å². The van der Waals surface area contributed by atoms with Crippen LogP contribution in [0.5, 0.6) is 0 Å². The summed E-state index contributed by atoms with van der Waals surface area (Å²) in [6.07, 6.45) is 0. The van der Waals surface area contributed by atoms with Crippen molar-refractivity contribution < 1.29 is 14.1 Å². The fourth-order valence-corrected chi connectivity index (χ4v) is 1.74. The van der Waals surface area contributed by atoms with E-state index >= 15 is 0 Å². The van der Waals surface area contributed by atoms with E-state index in [1.807, 2.05) is 0 Å². The molecule has 7 heteroatoms. The summed E-state index contributed by atoms with van der Waals surface area (Å²) in [5, 5.41) is 13.3. The van der Waals surface area contributed by atoms with Crippen molar-refractivity contribution >= 4 is 28.9 Å². The Labute approximate surface area is 118 Å². The highest BCUT2D eigenvalue weighted by atomic mass is 35.5. The Morgan fingerprint density at radius 1 is 1.25 bits per heavy atom. The number of carbonyl (C=O) groups excluding carboxylic acids is 1. The van der Waals surface area contributed by atoms with Crippen molar-refractivity contribution in [2.24, 2.45) is 0 Å². The average Bonchev–Trinajstić information content (AvgIpc) is 2.40. The lowest BCUT2D eigenvalue weighted by Crippen LogP contribution is -2.12. The van der Waals surface area contributed by atoms with Gasteiger partial charge in [0.15, 0.2) is 0 Å². The lowest BCUT2D eigenvalue weighted by molar-refractivity contribution is -0.387. The highest BCUT2D eigenvalue weighted by molar-refractivity contribution is 6.33. The van der Waals surface area contributed by atoms with Crippen molar-refractivity contribution in [3.8, 4) is 0 Å². The van der Waals surface area contributed by atoms with Crippen LogP contribution in [0.2, 0.25) is 5.02 Å². The molecule has 0 aliphatic carbocycles. The number of nitro benzene ring substituents is 1. The number of anilines is 1. The van der Waals surface area contributed by atoms with Crippen molar-refractivity contribution in [1.82, 2.24) is 0 Å². The molecule has 0 aromatic heterocycles. The van der Waals surface area contributed by atoms with E-state index in [-0.39, 0.29) is 5.56 Å². The lowest BCUT2D eigenvalue weighted by Gasteiger charge is -2.07. The summed E-state index contributed by atoms with van der Waals surface area (Å²) in [7, 11) is 0. The number of halogens is 2. The van der Waals surface area contributed by atoms with Crippen LogP contribution >= 0.6 is 11.6 Å². The Hall–Kier alpha value is -2.47. The Morgan fingerprint density at radius 2 is 1.95 bits per heavy atom. The van der Waals surface area contributed by atoms with Crippen LogP contribution in [-0.2, 0) is 0 Å². The number of hydrogen-bond acceptors (Lipinski definition) is 3. The molecule has 0 bridgehead atoms. The zero-order valence-corrected chi connectivity index (χ0v) is 10.7. The largest absolute Gasteiger partial charge is 0.321 e. The maximum Gasteiger partial charge on any atom is 0.304 e. The minimum absolute atomic E-state index is 0.0342. The zero-order chi connectivity index (χ0) is 14.7. The van der Waals surface area contributed by atoms with E-state index in [0.717, 1.165) is 12.1 Å². The first kappa shape index (κ1) is 14.0. The van der Waals surface area contributed by atoms with Crippen LogP contribution in [0.25, 0.3) is 0 Å². The number of carbonyl (C=O) groups is 1. The third-order valence-corrected chi connectivity index (χ3v) is 2.86. The predicted molar refractivity (Wildman–Crippen MR) is 72.5 cm³/mol. The molecule has 5 nitrogen and oxygen atoms in total. The molecule has 0 radical (unpaired) electrons. The molecule has 0 fully saturated rings. The summed E-state index contributed by atoms with van der Waals surface area (Å²) >= 11 is 5.88. The van der Waals surface area contributed by atoms with E-state index in [1.54, 1.807) is 24.3 Å². The molecule has 0 unspecified atom stereocenters. The number of nitrogens with one attached hydrogen (secondary N) is 1. The van der Waals surface area contributed by atoms with Crippen LogP contribution in [0.15, 0.2) is 42.5 Å². The van der Waals surface area contributed by atoms with Gasteiger partial charge in [0.05, 0.1) is 15.6 Å². The van der Waals surface area contributed by atoms with Crippen molar-refractivity contribution in [2.75, 3.05) is 5.32 Å². The third-order valence-electron chi connectivity index (χ3n) is 2.53. The van der Waals surface area contributed by atoms with Crippen LogP contribution in [0.1, 0.15) is 10.4 Å². The molecule has 0 heterocycles. The number of nitro groups is 1. The molecule has 20 heavy (non-hydrogen) atoms. The van der Waals surface area contributed by atoms with Crippen LogP contribution in [0.4, 0.5) is 15.8 Å². The molecule has 2 aromatic rings. The van der Waals surface area contributed by atoms with Crippen molar-refractivity contribution in [2.45, 2.75) is 0 Å². The Bertz CT molecular complexity index is 691. The molecule has 0 spiro atoms. The Kier molecular flexibility index (Phi) is 3.95. The monoisotopic (exact) mass is 294 g/mol. The number of rotatable bonds is 3. The summed E-state index contributed by atoms with van der Waals surface area (Å²) in [4.78, 5) is 21.5. The summed E-state index contributed by atoms with van der Waals surface area (Å²) in [6.45, 7) is 0. The van der Waals surface area contributed by atoms with E-state index in [9.17, 15) is 19.3 Å². The fourth-order valence-electron chi connectivity index (χ4n) is 1.55. The quantitative estimate of drug-likeness (QED) is 0.694. The highest BCUT2D eigenvalue weighted by Gasteiger charge is 2.17. The molecule has 1 amide bonds. The lowest BCUT2D eigenvalue weighted by atomic mass is 10.2. The first-order valence-electron chi connectivity index (χ1n) is 5.49. The first-order chi connectivity index (χ1) is 9.49. The molecule has 0 saturated carbocycles. The van der Waals surface area contributed by atoms with E-state index in [2.05, 4.69) is 5.32 Å². The van der Waals surface area contributed by atoms with Gasteiger partial charge in [0, 0.05) is 11.6 Å². The second-order valence-electron chi connectivity index (χ2n) is 3.86. The summed E-state index contributed by atoms with van der Waals surface area (Å²) in [6, 6.07) is 9.48. The number of hydrogen-bond donors (Lipinski definition) is 1. The van der Waals surface area contributed by atoms with Crippen LogP contribution in [-0.4, -0.2) is 10.8 Å². The Morgan fingerprint density at radius 3 is 2.55 bits per heavy atom. The van der Waals surface area contributed by atoms with Crippen LogP contribution in [0, 0.1) is 15.9 Å². The Balaban J connectivity index is 2.24. The van der Waals surface area contributed by atoms with Gasteiger partial charge in [-0.25, -0.2) is 0 Å². The molecule has 0 aliphatic rings. The van der Waals surface area contributed by atoms with Gasteiger partial charge in [-0.2, -0.15) is 4.39 Å². The van der Waals surface area contributed by atoms with E-state index in [4.69, 9.17) is 11.6 Å². The number of benzene rings is 2. The molecule has 2 aromatic carbocycles. The van der Waals surface area contributed by atoms with Gasteiger partial charge in [0.1, 0.15) is 0 Å². The maximum absolute atomic E-state index is 13.4. The third kappa shape index (κ3) is 2.92. The van der Waals surface area contributed by atoms with Crippen molar-refractivity contribution in [1.29, 1.82) is 0 Å². The van der Waals surface area contributed by atoms with Crippen LogP contribution < -0.4 is 5.32 Å². The molecule has 0 atom stereocenters. The average molecular weight is 295 g/mol. The molecule has 1 N–H and O–H groups in total. The zero-order valence-electron chi connectivity index (χ0n) is 9.97. The van der Waals surface area contributed by atoms with Gasteiger partial charge >= 0.3 is 5.69 Å². The molecule has 0 saturated heterocycles. The van der Waals surface area contributed by atoms with Gasteiger partial charge in [-0.1, -0.05) is 23.7 Å². The summed E-state index contributed by atoms with van der Waals surface area (Å²) in [5.41, 5.74) is -0.342. The van der Waals surface area contributed by atoms with Gasteiger partial charge in [0.2, 0.25) is 5.82 Å². The second kappa shape index (κ2) is 5.66.